The molecule has 0 spiro atoms. The minimum atomic E-state index is -4.19. The minimum Gasteiger partial charge on any atom is -0.392 e. The topological polar surface area (TPSA) is 23.5 Å². The minimum absolute atomic E-state index is 0.0161. The van der Waals surface area contributed by atoms with E-state index in [0.29, 0.717) is 13.0 Å². The Morgan fingerprint density at radius 1 is 1.27 bits per heavy atom. The first-order valence-corrected chi connectivity index (χ1v) is 5.23. The van der Waals surface area contributed by atoms with Crippen LogP contribution in [0.1, 0.15) is 27.2 Å². The summed E-state index contributed by atoms with van der Waals surface area (Å²) in [5, 5.41) is 9.51. The monoisotopic (exact) mass is 227 g/mol. The summed E-state index contributed by atoms with van der Waals surface area (Å²) in [4.78, 5) is 1.25. The van der Waals surface area contributed by atoms with Gasteiger partial charge in [-0.25, -0.2) is 0 Å². The van der Waals surface area contributed by atoms with Gasteiger partial charge in [-0.1, -0.05) is 20.8 Å². The van der Waals surface area contributed by atoms with Crippen LogP contribution in [0.4, 0.5) is 13.2 Å². The van der Waals surface area contributed by atoms with E-state index in [9.17, 15) is 18.3 Å². The molecular formula is C10H20F3NO. The van der Waals surface area contributed by atoms with E-state index >= 15 is 0 Å². The van der Waals surface area contributed by atoms with Gasteiger partial charge in [0.1, 0.15) is 0 Å². The third-order valence-corrected chi connectivity index (χ3v) is 2.16. The van der Waals surface area contributed by atoms with Gasteiger partial charge in [-0.3, -0.25) is 4.90 Å². The SMILES string of the molecule is CCCN(CC(O)C(C)C)CC(F)(F)F. The first-order valence-electron chi connectivity index (χ1n) is 5.23. The number of alkyl halides is 3. The van der Waals surface area contributed by atoms with E-state index in [-0.39, 0.29) is 12.5 Å². The van der Waals surface area contributed by atoms with E-state index < -0.39 is 18.8 Å². The van der Waals surface area contributed by atoms with Crippen LogP contribution in [0.15, 0.2) is 0 Å². The molecule has 0 aliphatic rings. The summed E-state index contributed by atoms with van der Waals surface area (Å²) < 4.78 is 36.5. The van der Waals surface area contributed by atoms with Gasteiger partial charge in [-0.15, -0.1) is 0 Å². The molecule has 15 heavy (non-hydrogen) atoms. The molecule has 0 rings (SSSR count). The number of halogens is 3. The fraction of sp³-hybridized carbons (Fsp3) is 1.00. The highest BCUT2D eigenvalue weighted by atomic mass is 19.4. The van der Waals surface area contributed by atoms with E-state index in [2.05, 4.69) is 0 Å². The van der Waals surface area contributed by atoms with Crippen molar-refractivity contribution >= 4 is 0 Å². The highest BCUT2D eigenvalue weighted by molar-refractivity contribution is 4.69. The van der Waals surface area contributed by atoms with Gasteiger partial charge in [-0.2, -0.15) is 13.2 Å². The van der Waals surface area contributed by atoms with Crippen LogP contribution in [0, 0.1) is 5.92 Å². The number of nitrogens with zero attached hydrogens (tertiary/aromatic N) is 1. The van der Waals surface area contributed by atoms with Crippen molar-refractivity contribution in [2.24, 2.45) is 5.92 Å². The second kappa shape index (κ2) is 6.33. The summed E-state index contributed by atoms with van der Waals surface area (Å²) in [6.07, 6.45) is -4.23. The average Bonchev–Trinajstić information content (AvgIpc) is 2.00. The predicted octanol–water partition coefficient (Wildman–Crippen LogP) is 2.28. The van der Waals surface area contributed by atoms with Crippen LogP contribution < -0.4 is 0 Å². The van der Waals surface area contributed by atoms with Crippen molar-refractivity contribution in [1.29, 1.82) is 0 Å². The molecule has 92 valence electrons. The molecule has 1 unspecified atom stereocenters. The molecule has 0 aliphatic heterocycles. The molecule has 1 N–H and O–H groups in total. The molecule has 0 heterocycles. The molecule has 1 atom stereocenters. The van der Waals surface area contributed by atoms with Gasteiger partial charge < -0.3 is 5.11 Å². The zero-order valence-corrected chi connectivity index (χ0v) is 9.51. The summed E-state index contributed by atoms with van der Waals surface area (Å²) in [5.41, 5.74) is 0. The first-order chi connectivity index (χ1) is 6.76. The average molecular weight is 227 g/mol. The van der Waals surface area contributed by atoms with Gasteiger partial charge in [0, 0.05) is 6.54 Å². The third-order valence-electron chi connectivity index (χ3n) is 2.16. The molecule has 0 aromatic rings. The number of rotatable bonds is 6. The number of aliphatic hydroxyl groups is 1. The van der Waals surface area contributed by atoms with E-state index in [1.165, 1.54) is 4.90 Å². The number of hydrogen-bond donors (Lipinski definition) is 1. The Hall–Kier alpha value is -0.290. The Morgan fingerprint density at radius 2 is 1.80 bits per heavy atom. The molecular weight excluding hydrogens is 207 g/mol. The van der Waals surface area contributed by atoms with E-state index in [0.717, 1.165) is 0 Å². The molecule has 0 amide bonds. The Morgan fingerprint density at radius 3 is 2.13 bits per heavy atom. The summed E-state index contributed by atoms with van der Waals surface area (Å²) in [7, 11) is 0. The van der Waals surface area contributed by atoms with Crippen molar-refractivity contribution in [1.82, 2.24) is 4.90 Å². The van der Waals surface area contributed by atoms with Crippen molar-refractivity contribution in [2.75, 3.05) is 19.6 Å². The molecule has 0 aliphatic carbocycles. The van der Waals surface area contributed by atoms with Crippen LogP contribution in [-0.2, 0) is 0 Å². The quantitative estimate of drug-likeness (QED) is 0.752. The van der Waals surface area contributed by atoms with Gasteiger partial charge in [0.2, 0.25) is 0 Å². The molecule has 5 heteroatoms. The molecule has 0 bridgehead atoms. The van der Waals surface area contributed by atoms with Crippen molar-refractivity contribution < 1.29 is 18.3 Å². The fourth-order valence-corrected chi connectivity index (χ4v) is 1.28. The molecule has 0 radical (unpaired) electrons. The standard InChI is InChI=1S/C10H20F3NO/c1-4-5-14(7-10(11,12)13)6-9(15)8(2)3/h8-9,15H,4-7H2,1-3H3. The van der Waals surface area contributed by atoms with Crippen molar-refractivity contribution in [3.05, 3.63) is 0 Å². The summed E-state index contributed by atoms with van der Waals surface area (Å²) in [5.74, 6) is -0.0161. The van der Waals surface area contributed by atoms with Gasteiger partial charge in [0.25, 0.3) is 0 Å². The summed E-state index contributed by atoms with van der Waals surface area (Å²) in [6.45, 7) is 4.93. The van der Waals surface area contributed by atoms with Crippen LogP contribution >= 0.6 is 0 Å². The second-order valence-corrected chi connectivity index (χ2v) is 4.16. The lowest BCUT2D eigenvalue weighted by Crippen LogP contribution is -2.41. The molecule has 0 fully saturated rings. The van der Waals surface area contributed by atoms with Crippen LogP contribution in [-0.4, -0.2) is 41.9 Å². The van der Waals surface area contributed by atoms with E-state index in [1.54, 1.807) is 13.8 Å². The number of aliphatic hydroxyl groups excluding tert-OH is 1. The predicted molar refractivity (Wildman–Crippen MR) is 53.6 cm³/mol. The maximum atomic E-state index is 12.2. The van der Waals surface area contributed by atoms with Crippen molar-refractivity contribution in [2.45, 2.75) is 39.5 Å². The molecule has 0 saturated carbocycles. The summed E-state index contributed by atoms with van der Waals surface area (Å²) >= 11 is 0. The molecule has 0 saturated heterocycles. The van der Waals surface area contributed by atoms with Gasteiger partial charge in [-0.05, 0) is 18.9 Å². The molecule has 0 aromatic carbocycles. The Kier molecular flexibility index (Phi) is 6.20. The lowest BCUT2D eigenvalue weighted by molar-refractivity contribution is -0.149. The van der Waals surface area contributed by atoms with Crippen LogP contribution in [0.5, 0.6) is 0 Å². The maximum absolute atomic E-state index is 12.2. The Balaban J connectivity index is 4.15. The Labute approximate surface area is 89.1 Å². The zero-order valence-electron chi connectivity index (χ0n) is 9.51. The lowest BCUT2D eigenvalue weighted by atomic mass is 10.1. The second-order valence-electron chi connectivity index (χ2n) is 4.16. The highest BCUT2D eigenvalue weighted by Gasteiger charge is 2.31. The lowest BCUT2D eigenvalue weighted by Gasteiger charge is -2.27. The van der Waals surface area contributed by atoms with Crippen molar-refractivity contribution in [3.63, 3.8) is 0 Å². The van der Waals surface area contributed by atoms with Gasteiger partial charge in [0.05, 0.1) is 12.6 Å². The zero-order chi connectivity index (χ0) is 12.1. The first kappa shape index (κ1) is 14.7. The van der Waals surface area contributed by atoms with Crippen LogP contribution in [0.2, 0.25) is 0 Å². The smallest absolute Gasteiger partial charge is 0.392 e. The molecule has 2 nitrogen and oxygen atoms in total. The highest BCUT2D eigenvalue weighted by Crippen LogP contribution is 2.17. The van der Waals surface area contributed by atoms with Gasteiger partial charge in [0.15, 0.2) is 0 Å². The summed E-state index contributed by atoms with van der Waals surface area (Å²) in [6, 6.07) is 0. The largest absolute Gasteiger partial charge is 0.401 e. The van der Waals surface area contributed by atoms with Gasteiger partial charge >= 0.3 is 6.18 Å². The maximum Gasteiger partial charge on any atom is 0.401 e. The normalized spacial score (nSPS) is 15.0. The number of hydrogen-bond acceptors (Lipinski definition) is 2. The van der Waals surface area contributed by atoms with E-state index in [1.807, 2.05) is 6.92 Å². The van der Waals surface area contributed by atoms with E-state index in [4.69, 9.17) is 0 Å². The fourth-order valence-electron chi connectivity index (χ4n) is 1.28. The van der Waals surface area contributed by atoms with Crippen LogP contribution in [0.25, 0.3) is 0 Å². The van der Waals surface area contributed by atoms with Crippen LogP contribution in [0.3, 0.4) is 0 Å². The third kappa shape index (κ3) is 7.62. The molecule has 0 aromatic heterocycles. The van der Waals surface area contributed by atoms with Crippen molar-refractivity contribution in [3.8, 4) is 0 Å². The Bertz CT molecular complexity index is 171.